The number of ether oxygens (including phenoxy) is 1. The molecule has 0 radical (unpaired) electrons. The average Bonchev–Trinajstić information content (AvgIpc) is 2.28. The molecule has 18 heavy (non-hydrogen) atoms. The van der Waals surface area contributed by atoms with Gasteiger partial charge >= 0.3 is 12.0 Å². The summed E-state index contributed by atoms with van der Waals surface area (Å²) in [5.41, 5.74) is 0. The highest BCUT2D eigenvalue weighted by Crippen LogP contribution is 2.01. The molecule has 0 aliphatic carbocycles. The molecule has 6 nitrogen and oxygen atoms in total. The van der Waals surface area contributed by atoms with E-state index in [0.717, 1.165) is 6.42 Å². The van der Waals surface area contributed by atoms with Gasteiger partial charge in [0, 0.05) is 39.8 Å². The number of rotatable bonds is 9. The van der Waals surface area contributed by atoms with Gasteiger partial charge in [0.25, 0.3) is 0 Å². The van der Waals surface area contributed by atoms with Crippen LogP contribution in [0.25, 0.3) is 0 Å². The highest BCUT2D eigenvalue weighted by Gasteiger charge is 2.11. The zero-order chi connectivity index (χ0) is 14.0. The van der Waals surface area contributed by atoms with E-state index in [4.69, 9.17) is 9.84 Å². The lowest BCUT2D eigenvalue weighted by Gasteiger charge is -2.21. The van der Waals surface area contributed by atoms with Crippen LogP contribution in [0, 0.1) is 0 Å². The molecule has 0 aliphatic rings. The molecule has 2 amide bonds. The number of carboxylic acid groups (broad SMARTS) is 1. The second-order valence-electron chi connectivity index (χ2n) is 4.40. The fourth-order valence-electron chi connectivity index (χ4n) is 1.50. The summed E-state index contributed by atoms with van der Waals surface area (Å²) in [6, 6.07) is -0.143. The largest absolute Gasteiger partial charge is 0.481 e. The molecule has 6 heteroatoms. The van der Waals surface area contributed by atoms with E-state index in [1.165, 1.54) is 0 Å². The van der Waals surface area contributed by atoms with E-state index in [2.05, 4.69) is 5.32 Å². The Hall–Kier alpha value is -1.30. The summed E-state index contributed by atoms with van der Waals surface area (Å²) in [6.07, 6.45) is 2.19. The third-order valence-corrected chi connectivity index (χ3v) is 2.59. The van der Waals surface area contributed by atoms with E-state index in [-0.39, 0.29) is 18.5 Å². The summed E-state index contributed by atoms with van der Waals surface area (Å²) in [7, 11) is 3.36. The molecule has 0 aromatic carbocycles. The second kappa shape index (κ2) is 9.70. The van der Waals surface area contributed by atoms with Gasteiger partial charge in [-0.05, 0) is 26.2 Å². The van der Waals surface area contributed by atoms with Crippen molar-refractivity contribution in [2.45, 2.75) is 38.6 Å². The Bertz CT molecular complexity index is 258. The topological polar surface area (TPSA) is 78.9 Å². The van der Waals surface area contributed by atoms with Crippen molar-refractivity contribution in [1.29, 1.82) is 0 Å². The van der Waals surface area contributed by atoms with Gasteiger partial charge in [0.15, 0.2) is 0 Å². The molecule has 2 N–H and O–H groups in total. The van der Waals surface area contributed by atoms with Crippen LogP contribution in [0.3, 0.4) is 0 Å². The van der Waals surface area contributed by atoms with Crippen molar-refractivity contribution in [3.05, 3.63) is 0 Å². The van der Waals surface area contributed by atoms with Gasteiger partial charge in [0.05, 0.1) is 0 Å². The normalized spacial score (nSPS) is 11.9. The molecule has 0 bridgehead atoms. The van der Waals surface area contributed by atoms with Crippen LogP contribution in [-0.2, 0) is 9.53 Å². The maximum Gasteiger partial charge on any atom is 0.317 e. The summed E-state index contributed by atoms with van der Waals surface area (Å²) in [4.78, 5) is 23.7. The number of nitrogens with zero attached hydrogens (tertiary/aromatic N) is 1. The van der Waals surface area contributed by atoms with Crippen molar-refractivity contribution in [1.82, 2.24) is 10.2 Å². The standard InChI is InChI=1S/C12H24N2O4/c1-10(6-4-7-11(15)16)13-12(17)14(2)8-5-9-18-3/h10H,4-9H2,1-3H3,(H,13,17)(H,15,16). The quantitative estimate of drug-likeness (QED) is 0.613. The number of nitrogens with one attached hydrogen (secondary N) is 1. The maximum atomic E-state index is 11.7. The van der Waals surface area contributed by atoms with Crippen molar-refractivity contribution in [2.75, 3.05) is 27.3 Å². The van der Waals surface area contributed by atoms with Crippen molar-refractivity contribution >= 4 is 12.0 Å². The van der Waals surface area contributed by atoms with Gasteiger partial charge in [-0.2, -0.15) is 0 Å². The summed E-state index contributed by atoms with van der Waals surface area (Å²) in [6.45, 7) is 3.15. The number of hydrogen-bond acceptors (Lipinski definition) is 3. The molecular weight excluding hydrogens is 236 g/mol. The summed E-state index contributed by atoms with van der Waals surface area (Å²) < 4.78 is 4.91. The number of carboxylic acids is 1. The average molecular weight is 260 g/mol. The molecule has 0 rings (SSSR count). The van der Waals surface area contributed by atoms with Gasteiger partial charge in [-0.3, -0.25) is 4.79 Å². The van der Waals surface area contributed by atoms with Crippen LogP contribution >= 0.6 is 0 Å². The number of carbonyl (C=O) groups is 2. The number of methoxy groups -OCH3 is 1. The Morgan fingerprint density at radius 3 is 2.61 bits per heavy atom. The molecule has 0 heterocycles. The highest BCUT2D eigenvalue weighted by atomic mass is 16.5. The van der Waals surface area contributed by atoms with Crippen molar-refractivity contribution in [3.63, 3.8) is 0 Å². The Morgan fingerprint density at radius 1 is 1.39 bits per heavy atom. The molecular formula is C12H24N2O4. The summed E-state index contributed by atoms with van der Waals surface area (Å²) >= 11 is 0. The van der Waals surface area contributed by atoms with E-state index in [1.807, 2.05) is 6.92 Å². The predicted octanol–water partition coefficient (Wildman–Crippen LogP) is 1.31. The van der Waals surface area contributed by atoms with Crippen LogP contribution in [-0.4, -0.2) is 55.4 Å². The van der Waals surface area contributed by atoms with Gasteiger partial charge in [0.2, 0.25) is 0 Å². The molecule has 0 fully saturated rings. The highest BCUT2D eigenvalue weighted by molar-refractivity contribution is 5.74. The third-order valence-electron chi connectivity index (χ3n) is 2.59. The second-order valence-corrected chi connectivity index (χ2v) is 4.40. The molecule has 1 atom stereocenters. The minimum atomic E-state index is -0.801. The smallest absolute Gasteiger partial charge is 0.317 e. The lowest BCUT2D eigenvalue weighted by molar-refractivity contribution is -0.137. The molecule has 1 unspecified atom stereocenters. The Balaban J connectivity index is 3.74. The number of amides is 2. The first-order chi connectivity index (χ1) is 8.47. The van der Waals surface area contributed by atoms with Crippen molar-refractivity contribution < 1.29 is 19.4 Å². The zero-order valence-electron chi connectivity index (χ0n) is 11.4. The number of hydrogen-bond donors (Lipinski definition) is 2. The fraction of sp³-hybridized carbons (Fsp3) is 0.833. The monoisotopic (exact) mass is 260 g/mol. The maximum absolute atomic E-state index is 11.7. The molecule has 0 spiro atoms. The minimum absolute atomic E-state index is 0.0123. The Kier molecular flexibility index (Phi) is 9.00. The third kappa shape index (κ3) is 8.81. The Morgan fingerprint density at radius 2 is 2.06 bits per heavy atom. The van der Waals surface area contributed by atoms with Crippen molar-refractivity contribution in [2.24, 2.45) is 0 Å². The van der Waals surface area contributed by atoms with Crippen LogP contribution in [0.1, 0.15) is 32.6 Å². The van der Waals surface area contributed by atoms with Crippen LogP contribution in [0.15, 0.2) is 0 Å². The molecule has 0 aromatic heterocycles. The lowest BCUT2D eigenvalue weighted by atomic mass is 10.1. The SMILES string of the molecule is COCCCN(C)C(=O)NC(C)CCCC(=O)O. The van der Waals surface area contributed by atoms with Gasteiger partial charge < -0.3 is 20.1 Å². The number of urea groups is 1. The predicted molar refractivity (Wildman–Crippen MR) is 68.6 cm³/mol. The van der Waals surface area contributed by atoms with E-state index in [0.29, 0.717) is 26.0 Å². The summed E-state index contributed by atoms with van der Waals surface area (Å²) in [5, 5.41) is 11.3. The lowest BCUT2D eigenvalue weighted by Crippen LogP contribution is -2.42. The fourth-order valence-corrected chi connectivity index (χ4v) is 1.50. The first kappa shape index (κ1) is 16.7. The van der Waals surface area contributed by atoms with Gasteiger partial charge in [-0.15, -0.1) is 0 Å². The van der Waals surface area contributed by atoms with Crippen LogP contribution in [0.5, 0.6) is 0 Å². The molecule has 0 aromatic rings. The van der Waals surface area contributed by atoms with Gasteiger partial charge in [-0.25, -0.2) is 4.79 Å². The van der Waals surface area contributed by atoms with E-state index >= 15 is 0 Å². The Labute approximate surface area is 108 Å². The van der Waals surface area contributed by atoms with Crippen LogP contribution in [0.2, 0.25) is 0 Å². The number of carbonyl (C=O) groups excluding carboxylic acids is 1. The van der Waals surface area contributed by atoms with E-state index in [1.54, 1.807) is 19.1 Å². The first-order valence-electron chi connectivity index (χ1n) is 6.19. The minimum Gasteiger partial charge on any atom is -0.481 e. The van der Waals surface area contributed by atoms with Crippen LogP contribution in [0.4, 0.5) is 4.79 Å². The molecule has 106 valence electrons. The van der Waals surface area contributed by atoms with Crippen molar-refractivity contribution in [3.8, 4) is 0 Å². The van der Waals surface area contributed by atoms with Gasteiger partial charge in [-0.1, -0.05) is 0 Å². The molecule has 0 aliphatic heterocycles. The van der Waals surface area contributed by atoms with E-state index < -0.39 is 5.97 Å². The summed E-state index contributed by atoms with van der Waals surface area (Å²) in [5.74, 6) is -0.801. The van der Waals surface area contributed by atoms with E-state index in [9.17, 15) is 9.59 Å². The van der Waals surface area contributed by atoms with Gasteiger partial charge in [0.1, 0.15) is 0 Å². The molecule has 0 saturated heterocycles. The van der Waals surface area contributed by atoms with Crippen LogP contribution < -0.4 is 5.32 Å². The molecule has 0 saturated carbocycles. The number of aliphatic carboxylic acids is 1. The zero-order valence-corrected chi connectivity index (χ0v) is 11.4. The first-order valence-corrected chi connectivity index (χ1v) is 6.19.